The first-order valence-electron chi connectivity index (χ1n) is 10.1. The highest BCUT2D eigenvalue weighted by Gasteiger charge is 2.24. The standard InChI is InChI=1S/C22H24N8/c1-15-10-16(23)14-29(13-15)21-7-9-24-12-20(21)27-22-26-11-17-5-6-19(28-30(17)22)18-4-2-3-8-25-18/h2-9,11-12,15-16H,10,13-14,23H2,1H3,(H,26,27)/t15-,16+/m0/s1. The van der Waals surface area contributed by atoms with Crippen LogP contribution in [0, 0.1) is 5.92 Å². The highest BCUT2D eigenvalue weighted by Crippen LogP contribution is 2.31. The summed E-state index contributed by atoms with van der Waals surface area (Å²) in [6, 6.07) is 11.9. The van der Waals surface area contributed by atoms with E-state index >= 15 is 0 Å². The molecule has 8 nitrogen and oxygen atoms in total. The Morgan fingerprint density at radius 1 is 1.00 bits per heavy atom. The second kappa shape index (κ2) is 7.72. The van der Waals surface area contributed by atoms with Gasteiger partial charge in [-0.3, -0.25) is 9.97 Å². The second-order valence-corrected chi connectivity index (χ2v) is 7.88. The van der Waals surface area contributed by atoms with Crippen LogP contribution in [0.1, 0.15) is 13.3 Å². The zero-order chi connectivity index (χ0) is 20.5. The van der Waals surface area contributed by atoms with Crippen LogP contribution in [0.25, 0.3) is 16.9 Å². The summed E-state index contributed by atoms with van der Waals surface area (Å²) in [5, 5.41) is 8.17. The van der Waals surface area contributed by atoms with Gasteiger partial charge < -0.3 is 16.0 Å². The Morgan fingerprint density at radius 3 is 2.77 bits per heavy atom. The molecule has 2 atom stereocenters. The molecule has 3 N–H and O–H groups in total. The Hall–Kier alpha value is -3.52. The minimum atomic E-state index is 0.171. The predicted octanol–water partition coefficient (Wildman–Crippen LogP) is 3.10. The molecule has 8 heteroatoms. The second-order valence-electron chi connectivity index (χ2n) is 7.88. The summed E-state index contributed by atoms with van der Waals surface area (Å²) < 4.78 is 1.80. The van der Waals surface area contributed by atoms with E-state index < -0.39 is 0 Å². The Morgan fingerprint density at radius 2 is 1.93 bits per heavy atom. The fourth-order valence-electron chi connectivity index (χ4n) is 4.10. The van der Waals surface area contributed by atoms with Crippen LogP contribution in [0.3, 0.4) is 0 Å². The molecule has 0 aromatic carbocycles. The average molecular weight is 400 g/mol. The van der Waals surface area contributed by atoms with Gasteiger partial charge in [0.15, 0.2) is 0 Å². The van der Waals surface area contributed by atoms with Crippen LogP contribution in [0.2, 0.25) is 0 Å². The maximum absolute atomic E-state index is 6.28. The minimum Gasteiger partial charge on any atom is -0.368 e. The topological polar surface area (TPSA) is 97.3 Å². The molecular formula is C22H24N8. The van der Waals surface area contributed by atoms with E-state index in [1.165, 1.54) is 0 Å². The molecule has 1 fully saturated rings. The van der Waals surface area contributed by atoms with Crippen molar-refractivity contribution in [3.63, 3.8) is 0 Å². The summed E-state index contributed by atoms with van der Waals surface area (Å²) in [6.07, 6.45) is 8.25. The van der Waals surface area contributed by atoms with Gasteiger partial charge in [0.1, 0.15) is 5.69 Å². The molecule has 5 rings (SSSR count). The first-order chi connectivity index (χ1) is 14.7. The van der Waals surface area contributed by atoms with E-state index in [0.717, 1.165) is 47.8 Å². The van der Waals surface area contributed by atoms with Crippen molar-refractivity contribution in [2.24, 2.45) is 11.7 Å². The van der Waals surface area contributed by atoms with Gasteiger partial charge in [-0.05, 0) is 42.7 Å². The van der Waals surface area contributed by atoms with E-state index in [1.54, 1.807) is 16.9 Å². The van der Waals surface area contributed by atoms with E-state index in [9.17, 15) is 0 Å². The molecule has 1 saturated heterocycles. The number of anilines is 3. The summed E-state index contributed by atoms with van der Waals surface area (Å²) in [5.41, 5.74) is 10.7. The number of imidazole rings is 1. The molecule has 1 aliphatic heterocycles. The summed E-state index contributed by atoms with van der Waals surface area (Å²) in [4.78, 5) is 15.6. The molecule has 4 aromatic heterocycles. The molecular weight excluding hydrogens is 376 g/mol. The predicted molar refractivity (Wildman–Crippen MR) is 118 cm³/mol. The molecule has 30 heavy (non-hydrogen) atoms. The van der Waals surface area contributed by atoms with E-state index in [2.05, 4.69) is 32.1 Å². The summed E-state index contributed by atoms with van der Waals surface area (Å²) in [5.74, 6) is 1.18. The minimum absolute atomic E-state index is 0.171. The van der Waals surface area contributed by atoms with Gasteiger partial charge in [-0.1, -0.05) is 13.0 Å². The number of nitrogens with zero attached hydrogens (tertiary/aromatic N) is 6. The summed E-state index contributed by atoms with van der Waals surface area (Å²) >= 11 is 0. The molecule has 0 saturated carbocycles. The zero-order valence-electron chi connectivity index (χ0n) is 16.8. The number of fused-ring (bicyclic) bond motifs is 1. The van der Waals surface area contributed by atoms with Crippen molar-refractivity contribution in [1.29, 1.82) is 0 Å². The molecule has 1 aliphatic rings. The molecule has 0 amide bonds. The fourth-order valence-corrected chi connectivity index (χ4v) is 4.10. The van der Waals surface area contributed by atoms with E-state index in [1.807, 2.05) is 48.8 Å². The summed E-state index contributed by atoms with van der Waals surface area (Å²) in [7, 11) is 0. The van der Waals surface area contributed by atoms with E-state index in [-0.39, 0.29) is 6.04 Å². The van der Waals surface area contributed by atoms with Crippen LogP contribution in [-0.4, -0.2) is 43.7 Å². The van der Waals surface area contributed by atoms with Crippen LogP contribution < -0.4 is 16.0 Å². The monoisotopic (exact) mass is 400 g/mol. The molecule has 0 unspecified atom stereocenters. The number of hydrogen-bond donors (Lipinski definition) is 2. The van der Waals surface area contributed by atoms with Gasteiger partial charge in [-0.15, -0.1) is 0 Å². The third-order valence-corrected chi connectivity index (χ3v) is 5.39. The number of pyridine rings is 2. The van der Waals surface area contributed by atoms with E-state index in [4.69, 9.17) is 10.8 Å². The third-order valence-electron chi connectivity index (χ3n) is 5.39. The lowest BCUT2D eigenvalue weighted by Gasteiger charge is -2.37. The van der Waals surface area contributed by atoms with Crippen LogP contribution in [0.4, 0.5) is 17.3 Å². The number of nitrogens with two attached hydrogens (primary N) is 1. The van der Waals surface area contributed by atoms with Crippen molar-refractivity contribution < 1.29 is 0 Å². The normalized spacial score (nSPS) is 19.2. The van der Waals surface area contributed by atoms with Crippen molar-refractivity contribution in [1.82, 2.24) is 24.6 Å². The maximum atomic E-state index is 6.28. The lowest BCUT2D eigenvalue weighted by Crippen LogP contribution is -2.46. The molecule has 0 spiro atoms. The SMILES string of the molecule is C[C@H]1C[C@@H](N)CN(c2ccncc2Nc2ncc3ccc(-c4ccccn4)nn23)C1. The largest absolute Gasteiger partial charge is 0.368 e. The van der Waals surface area contributed by atoms with Gasteiger partial charge >= 0.3 is 0 Å². The highest BCUT2D eigenvalue weighted by atomic mass is 15.3. The highest BCUT2D eigenvalue weighted by molar-refractivity contribution is 5.73. The molecule has 0 radical (unpaired) electrons. The van der Waals surface area contributed by atoms with Crippen molar-refractivity contribution in [3.05, 3.63) is 61.2 Å². The Bertz CT molecular complexity index is 1150. The van der Waals surface area contributed by atoms with E-state index in [0.29, 0.717) is 11.9 Å². The molecule has 0 bridgehead atoms. The van der Waals surface area contributed by atoms with Crippen molar-refractivity contribution >= 4 is 22.8 Å². The fraction of sp³-hybridized carbons (Fsp3) is 0.273. The first-order valence-corrected chi connectivity index (χ1v) is 10.1. The molecule has 5 heterocycles. The summed E-state index contributed by atoms with van der Waals surface area (Å²) in [6.45, 7) is 4.04. The van der Waals surface area contributed by atoms with Crippen LogP contribution >= 0.6 is 0 Å². The van der Waals surface area contributed by atoms with Gasteiger partial charge in [0, 0.05) is 31.5 Å². The van der Waals surface area contributed by atoms with Crippen molar-refractivity contribution in [2.45, 2.75) is 19.4 Å². The maximum Gasteiger partial charge on any atom is 0.229 e. The number of nitrogens with one attached hydrogen (secondary N) is 1. The van der Waals surface area contributed by atoms with Gasteiger partial charge in [-0.25, -0.2) is 4.98 Å². The number of hydrogen-bond acceptors (Lipinski definition) is 7. The lowest BCUT2D eigenvalue weighted by atomic mass is 9.96. The Balaban J connectivity index is 1.49. The van der Waals surface area contributed by atoms with Gasteiger partial charge in [-0.2, -0.15) is 9.61 Å². The van der Waals surface area contributed by atoms with Gasteiger partial charge in [0.05, 0.1) is 35.0 Å². The Labute approximate surface area is 174 Å². The lowest BCUT2D eigenvalue weighted by molar-refractivity contribution is 0.402. The van der Waals surface area contributed by atoms with Crippen LogP contribution in [-0.2, 0) is 0 Å². The van der Waals surface area contributed by atoms with Crippen LogP contribution in [0.5, 0.6) is 0 Å². The molecule has 152 valence electrons. The van der Waals surface area contributed by atoms with Crippen molar-refractivity contribution in [2.75, 3.05) is 23.3 Å². The molecule has 0 aliphatic carbocycles. The zero-order valence-corrected chi connectivity index (χ0v) is 16.8. The molecule has 4 aromatic rings. The third kappa shape index (κ3) is 3.57. The van der Waals surface area contributed by atoms with Gasteiger partial charge in [0.25, 0.3) is 0 Å². The quantitative estimate of drug-likeness (QED) is 0.543. The smallest absolute Gasteiger partial charge is 0.229 e. The number of aromatic nitrogens is 5. The number of rotatable bonds is 4. The number of piperidine rings is 1. The Kier molecular flexibility index (Phi) is 4.76. The van der Waals surface area contributed by atoms with Crippen molar-refractivity contribution in [3.8, 4) is 11.4 Å². The average Bonchev–Trinajstić information content (AvgIpc) is 3.16. The van der Waals surface area contributed by atoms with Gasteiger partial charge in [0.2, 0.25) is 5.95 Å². The first kappa shape index (κ1) is 18.5. The van der Waals surface area contributed by atoms with Crippen LogP contribution in [0.15, 0.2) is 61.2 Å².